The quantitative estimate of drug-likeness (QED) is 0.357. The molecule has 5 nitrogen and oxygen atoms in total. The highest BCUT2D eigenvalue weighted by Gasteiger charge is 2.02. The van der Waals surface area contributed by atoms with Crippen LogP contribution in [-0.2, 0) is 6.54 Å². The molecule has 0 aliphatic rings. The Morgan fingerprint density at radius 1 is 1.37 bits per heavy atom. The standard InChI is InChI=1S/C13H25N5.HI/c1-5-17(6-2)13(14)15-8-7-9-18-12(4)10-11(3)16-18;/h10H,5-9H2,1-4H3,(H2,14,15);1H. The fourth-order valence-corrected chi connectivity index (χ4v) is 1.96. The molecule has 0 amide bonds. The molecule has 0 aliphatic heterocycles. The van der Waals surface area contributed by atoms with Gasteiger partial charge in [-0.2, -0.15) is 5.10 Å². The lowest BCUT2D eigenvalue weighted by atomic mass is 10.4. The molecule has 0 saturated carbocycles. The second-order valence-electron chi connectivity index (χ2n) is 4.42. The molecule has 0 atom stereocenters. The van der Waals surface area contributed by atoms with Crippen molar-refractivity contribution < 1.29 is 0 Å². The van der Waals surface area contributed by atoms with Gasteiger partial charge >= 0.3 is 0 Å². The Labute approximate surface area is 133 Å². The molecule has 1 heterocycles. The first-order valence-electron chi connectivity index (χ1n) is 6.64. The predicted molar refractivity (Wildman–Crippen MR) is 91.1 cm³/mol. The molecule has 0 bridgehead atoms. The highest BCUT2D eigenvalue weighted by Crippen LogP contribution is 2.02. The minimum Gasteiger partial charge on any atom is -0.370 e. The lowest BCUT2D eigenvalue weighted by molar-refractivity contribution is 0.457. The topological polar surface area (TPSA) is 59.4 Å². The van der Waals surface area contributed by atoms with Gasteiger partial charge in [0.2, 0.25) is 0 Å². The van der Waals surface area contributed by atoms with Crippen molar-refractivity contribution >= 4 is 29.9 Å². The second-order valence-corrected chi connectivity index (χ2v) is 4.42. The summed E-state index contributed by atoms with van der Waals surface area (Å²) < 4.78 is 2.03. The van der Waals surface area contributed by atoms with Crippen LogP contribution in [0.5, 0.6) is 0 Å². The maximum Gasteiger partial charge on any atom is 0.191 e. The summed E-state index contributed by atoms with van der Waals surface area (Å²) in [6, 6.07) is 2.09. The van der Waals surface area contributed by atoms with Crippen molar-refractivity contribution in [3.8, 4) is 0 Å². The summed E-state index contributed by atoms with van der Waals surface area (Å²) in [4.78, 5) is 6.46. The zero-order chi connectivity index (χ0) is 13.5. The molecule has 2 N–H and O–H groups in total. The average Bonchev–Trinajstić information content (AvgIpc) is 2.65. The van der Waals surface area contributed by atoms with Gasteiger partial charge in [0.05, 0.1) is 5.69 Å². The van der Waals surface area contributed by atoms with Gasteiger partial charge in [0, 0.05) is 31.9 Å². The summed E-state index contributed by atoms with van der Waals surface area (Å²) in [6.45, 7) is 11.7. The molecule has 110 valence electrons. The molecule has 0 aromatic carbocycles. The number of hydrogen-bond donors (Lipinski definition) is 1. The van der Waals surface area contributed by atoms with E-state index in [1.165, 1.54) is 5.69 Å². The monoisotopic (exact) mass is 379 g/mol. The van der Waals surface area contributed by atoms with E-state index in [1.807, 2.05) is 11.6 Å². The first kappa shape index (κ1) is 18.2. The molecular formula is C13H26IN5. The molecular weight excluding hydrogens is 353 g/mol. The number of aromatic nitrogens is 2. The molecule has 0 spiro atoms. The van der Waals surface area contributed by atoms with Gasteiger partial charge < -0.3 is 10.6 Å². The van der Waals surface area contributed by atoms with Crippen LogP contribution in [0.25, 0.3) is 0 Å². The van der Waals surface area contributed by atoms with Crippen LogP contribution < -0.4 is 5.73 Å². The van der Waals surface area contributed by atoms with E-state index in [1.54, 1.807) is 0 Å². The number of guanidine groups is 1. The molecule has 0 unspecified atom stereocenters. The molecule has 1 aromatic heterocycles. The molecule has 0 fully saturated rings. The van der Waals surface area contributed by atoms with Gasteiger partial charge in [-0.15, -0.1) is 24.0 Å². The van der Waals surface area contributed by atoms with Crippen molar-refractivity contribution in [3.05, 3.63) is 17.5 Å². The highest BCUT2D eigenvalue weighted by atomic mass is 127. The van der Waals surface area contributed by atoms with E-state index in [-0.39, 0.29) is 24.0 Å². The number of hydrogen-bond acceptors (Lipinski definition) is 2. The third-order valence-electron chi connectivity index (χ3n) is 2.99. The number of halogens is 1. The SMILES string of the molecule is CCN(CC)C(N)=NCCCn1nc(C)cc1C.I. The van der Waals surface area contributed by atoms with Gasteiger partial charge in [-0.3, -0.25) is 9.67 Å². The number of aryl methyl sites for hydroxylation is 3. The number of nitrogens with two attached hydrogens (primary N) is 1. The molecule has 0 radical (unpaired) electrons. The Morgan fingerprint density at radius 2 is 2.00 bits per heavy atom. The van der Waals surface area contributed by atoms with Gasteiger partial charge in [-0.1, -0.05) is 0 Å². The van der Waals surface area contributed by atoms with E-state index >= 15 is 0 Å². The number of rotatable bonds is 6. The Hall–Kier alpha value is -0.790. The minimum atomic E-state index is 0. The summed E-state index contributed by atoms with van der Waals surface area (Å²) in [5.41, 5.74) is 8.18. The maximum absolute atomic E-state index is 5.91. The van der Waals surface area contributed by atoms with Crippen molar-refractivity contribution in [3.63, 3.8) is 0 Å². The first-order chi connectivity index (χ1) is 8.58. The Balaban J connectivity index is 0.00000324. The molecule has 6 heteroatoms. The van der Waals surface area contributed by atoms with Crippen LogP contribution >= 0.6 is 24.0 Å². The van der Waals surface area contributed by atoms with Crippen molar-refractivity contribution in [2.45, 2.75) is 40.7 Å². The van der Waals surface area contributed by atoms with E-state index in [9.17, 15) is 0 Å². The lowest BCUT2D eigenvalue weighted by Gasteiger charge is -2.19. The first-order valence-corrected chi connectivity index (χ1v) is 6.64. The zero-order valence-corrected chi connectivity index (χ0v) is 14.7. The molecule has 19 heavy (non-hydrogen) atoms. The van der Waals surface area contributed by atoms with Crippen LogP contribution in [0.1, 0.15) is 31.7 Å². The number of nitrogens with zero attached hydrogens (tertiary/aromatic N) is 4. The smallest absolute Gasteiger partial charge is 0.191 e. The van der Waals surface area contributed by atoms with Crippen molar-refractivity contribution in [2.24, 2.45) is 10.7 Å². The highest BCUT2D eigenvalue weighted by molar-refractivity contribution is 14.0. The Bertz CT molecular complexity index is 396. The minimum absolute atomic E-state index is 0. The fourth-order valence-electron chi connectivity index (χ4n) is 1.96. The Kier molecular flexibility index (Phi) is 8.79. The van der Waals surface area contributed by atoms with Gasteiger partial charge in [0.15, 0.2) is 5.96 Å². The van der Waals surface area contributed by atoms with E-state index in [4.69, 9.17) is 5.73 Å². The third-order valence-corrected chi connectivity index (χ3v) is 2.99. The largest absolute Gasteiger partial charge is 0.370 e. The molecule has 0 saturated heterocycles. The molecule has 1 aromatic rings. The summed E-state index contributed by atoms with van der Waals surface area (Å²) in [5.74, 6) is 0.647. The molecule has 0 aliphatic carbocycles. The van der Waals surface area contributed by atoms with E-state index < -0.39 is 0 Å². The van der Waals surface area contributed by atoms with Crippen LogP contribution in [-0.4, -0.2) is 40.3 Å². The van der Waals surface area contributed by atoms with Crippen LogP contribution in [0.4, 0.5) is 0 Å². The predicted octanol–water partition coefficient (Wildman–Crippen LogP) is 2.16. The normalized spacial score (nSPS) is 11.3. The van der Waals surface area contributed by atoms with Gasteiger partial charge in [0.1, 0.15) is 0 Å². The lowest BCUT2D eigenvalue weighted by Crippen LogP contribution is -2.37. The maximum atomic E-state index is 5.91. The average molecular weight is 379 g/mol. The van der Waals surface area contributed by atoms with Crippen molar-refractivity contribution in [1.29, 1.82) is 0 Å². The van der Waals surface area contributed by atoms with Crippen molar-refractivity contribution in [2.75, 3.05) is 19.6 Å². The summed E-state index contributed by atoms with van der Waals surface area (Å²) in [6.07, 6.45) is 0.962. The van der Waals surface area contributed by atoms with E-state index in [0.717, 1.165) is 38.3 Å². The van der Waals surface area contributed by atoms with Crippen LogP contribution in [0.3, 0.4) is 0 Å². The fraction of sp³-hybridized carbons (Fsp3) is 0.692. The third kappa shape index (κ3) is 5.80. The van der Waals surface area contributed by atoms with Gasteiger partial charge in [-0.25, -0.2) is 0 Å². The van der Waals surface area contributed by atoms with Crippen LogP contribution in [0.15, 0.2) is 11.1 Å². The molecule has 1 rings (SSSR count). The van der Waals surface area contributed by atoms with Crippen LogP contribution in [0.2, 0.25) is 0 Å². The van der Waals surface area contributed by atoms with E-state index in [0.29, 0.717) is 5.96 Å². The summed E-state index contributed by atoms with van der Waals surface area (Å²) >= 11 is 0. The second kappa shape index (κ2) is 9.17. The Morgan fingerprint density at radius 3 is 2.47 bits per heavy atom. The number of aliphatic imine (C=N–C) groups is 1. The van der Waals surface area contributed by atoms with Crippen molar-refractivity contribution in [1.82, 2.24) is 14.7 Å². The van der Waals surface area contributed by atoms with E-state index in [2.05, 4.69) is 41.8 Å². The van der Waals surface area contributed by atoms with Crippen LogP contribution in [0, 0.1) is 13.8 Å². The summed E-state index contributed by atoms with van der Waals surface area (Å²) in [5, 5.41) is 4.42. The summed E-state index contributed by atoms with van der Waals surface area (Å²) in [7, 11) is 0. The van der Waals surface area contributed by atoms with Gasteiger partial charge in [0.25, 0.3) is 0 Å². The zero-order valence-electron chi connectivity index (χ0n) is 12.4. The van der Waals surface area contributed by atoms with Gasteiger partial charge in [-0.05, 0) is 40.2 Å².